The zero-order chi connectivity index (χ0) is 26.6. The van der Waals surface area contributed by atoms with Crippen LogP contribution in [0.3, 0.4) is 0 Å². The highest BCUT2D eigenvalue weighted by Crippen LogP contribution is 2.10. The van der Waals surface area contributed by atoms with E-state index in [4.69, 9.17) is 19.3 Å². The van der Waals surface area contributed by atoms with E-state index >= 15 is 0 Å². The average molecular weight is 496 g/mol. The van der Waals surface area contributed by atoms with Gasteiger partial charge in [-0.2, -0.15) is 0 Å². The second-order valence-electron chi connectivity index (χ2n) is 9.78. The Hall–Kier alpha value is -3.18. The van der Waals surface area contributed by atoms with Gasteiger partial charge in [0.15, 0.2) is 0 Å². The maximum atomic E-state index is 13.0. The van der Waals surface area contributed by atoms with Gasteiger partial charge in [0.05, 0.1) is 24.4 Å². The number of amides is 3. The molecule has 0 fully saturated rings. The van der Waals surface area contributed by atoms with Gasteiger partial charge in [-0.05, 0) is 47.1 Å². The fourth-order valence-corrected chi connectivity index (χ4v) is 2.50. The lowest BCUT2D eigenvalue weighted by Gasteiger charge is -2.27. The zero-order valence-corrected chi connectivity index (χ0v) is 21.2. The van der Waals surface area contributed by atoms with Crippen LogP contribution in [0, 0.1) is 0 Å². The first-order valence-electron chi connectivity index (χ1n) is 11.2. The Kier molecular flexibility index (Phi) is 11.6. The van der Waals surface area contributed by atoms with Gasteiger partial charge in [0.25, 0.3) is 0 Å². The molecule has 11 nitrogen and oxygen atoms in total. The van der Waals surface area contributed by atoms with Crippen molar-refractivity contribution in [1.82, 2.24) is 16.0 Å². The van der Waals surface area contributed by atoms with Crippen LogP contribution in [-0.4, -0.2) is 72.0 Å². The molecule has 0 radical (unpaired) electrons. The number of hydrogen-bond acceptors (Lipinski definition) is 7. The van der Waals surface area contributed by atoms with Gasteiger partial charge in [-0.25, -0.2) is 4.79 Å². The molecule has 11 heteroatoms. The van der Waals surface area contributed by atoms with Crippen molar-refractivity contribution in [3.8, 4) is 0 Å². The van der Waals surface area contributed by atoms with Crippen molar-refractivity contribution in [2.45, 2.75) is 71.4 Å². The number of nitrogens with one attached hydrogen (secondary N) is 3. The molecule has 0 saturated carbocycles. The monoisotopic (exact) mass is 495 g/mol. The van der Waals surface area contributed by atoms with E-state index < -0.39 is 53.7 Å². The van der Waals surface area contributed by atoms with Gasteiger partial charge < -0.3 is 35.3 Å². The minimum Gasteiger partial charge on any atom is -0.480 e. The molecular weight excluding hydrogens is 458 g/mol. The molecule has 4 N–H and O–H groups in total. The van der Waals surface area contributed by atoms with E-state index in [0.29, 0.717) is 0 Å². The number of benzene rings is 1. The summed E-state index contributed by atoms with van der Waals surface area (Å²) in [6, 6.07) is 6.62. The Balaban J connectivity index is 2.91. The molecule has 1 aromatic rings. The number of ether oxygens (including phenoxy) is 3. The van der Waals surface area contributed by atoms with E-state index in [1.807, 2.05) is 6.07 Å². The van der Waals surface area contributed by atoms with Gasteiger partial charge in [-0.15, -0.1) is 0 Å². The number of carbonyl (C=O) groups is 4. The lowest BCUT2D eigenvalue weighted by atomic mass is 10.1. The van der Waals surface area contributed by atoms with Crippen molar-refractivity contribution in [2.75, 3.05) is 19.8 Å². The molecule has 0 saturated heterocycles. The molecular formula is C24H37N3O8. The molecule has 0 aliphatic heterocycles. The smallest absolute Gasteiger partial charge is 0.408 e. The molecule has 1 aromatic carbocycles. The van der Waals surface area contributed by atoms with Crippen molar-refractivity contribution in [1.29, 1.82) is 0 Å². The van der Waals surface area contributed by atoms with Crippen LogP contribution in [0.5, 0.6) is 0 Å². The Morgan fingerprint density at radius 2 is 1.34 bits per heavy atom. The van der Waals surface area contributed by atoms with E-state index in [9.17, 15) is 19.2 Å². The van der Waals surface area contributed by atoms with Crippen LogP contribution in [0.4, 0.5) is 4.79 Å². The summed E-state index contributed by atoms with van der Waals surface area (Å²) in [5, 5.41) is 16.0. The van der Waals surface area contributed by atoms with Crippen LogP contribution in [0.1, 0.15) is 47.1 Å². The lowest BCUT2D eigenvalue weighted by molar-refractivity contribution is -0.139. The van der Waals surface area contributed by atoms with Crippen molar-refractivity contribution < 1.29 is 38.5 Å². The minimum absolute atomic E-state index is 0.000776. The molecule has 0 unspecified atom stereocenters. The van der Waals surface area contributed by atoms with Crippen molar-refractivity contribution in [2.24, 2.45) is 0 Å². The number of carbonyl (C=O) groups excluding carboxylic acids is 3. The lowest BCUT2D eigenvalue weighted by Crippen LogP contribution is -2.57. The second-order valence-corrected chi connectivity index (χ2v) is 9.78. The van der Waals surface area contributed by atoms with Crippen LogP contribution >= 0.6 is 0 Å². The fourth-order valence-electron chi connectivity index (χ4n) is 2.50. The van der Waals surface area contributed by atoms with Crippen molar-refractivity contribution >= 4 is 23.9 Å². The van der Waals surface area contributed by atoms with Gasteiger partial charge in [-0.1, -0.05) is 30.3 Å². The number of carboxylic acid groups (broad SMARTS) is 1. The van der Waals surface area contributed by atoms with Crippen LogP contribution in [0.2, 0.25) is 0 Å². The molecule has 0 aliphatic carbocycles. The zero-order valence-electron chi connectivity index (χ0n) is 21.2. The third-order valence-electron chi connectivity index (χ3n) is 4.23. The normalized spacial score (nSPS) is 13.3. The van der Waals surface area contributed by atoms with E-state index in [-0.39, 0.29) is 19.8 Å². The topological polar surface area (TPSA) is 152 Å². The third kappa shape index (κ3) is 14.0. The summed E-state index contributed by atoms with van der Waals surface area (Å²) >= 11 is 0. The Morgan fingerprint density at radius 1 is 0.829 bits per heavy atom. The summed E-state index contributed by atoms with van der Waals surface area (Å²) in [6.07, 6.45) is -0.843. The van der Waals surface area contributed by atoms with Gasteiger partial charge in [-0.3, -0.25) is 14.4 Å². The Labute approximate surface area is 205 Å². The summed E-state index contributed by atoms with van der Waals surface area (Å²) in [5.41, 5.74) is -0.462. The van der Waals surface area contributed by atoms with Gasteiger partial charge in [0.2, 0.25) is 11.8 Å². The highest BCUT2D eigenvalue weighted by Gasteiger charge is 2.30. The van der Waals surface area contributed by atoms with Gasteiger partial charge >= 0.3 is 12.1 Å². The first kappa shape index (κ1) is 29.9. The first-order valence-corrected chi connectivity index (χ1v) is 11.2. The van der Waals surface area contributed by atoms with Crippen LogP contribution < -0.4 is 16.0 Å². The third-order valence-corrected chi connectivity index (χ3v) is 4.23. The molecule has 3 amide bonds. The van der Waals surface area contributed by atoms with Crippen LogP contribution in [0.15, 0.2) is 30.3 Å². The summed E-state index contributed by atoms with van der Waals surface area (Å²) in [4.78, 5) is 48.7. The summed E-state index contributed by atoms with van der Waals surface area (Å²) in [5.74, 6) is -2.70. The highest BCUT2D eigenvalue weighted by molar-refractivity contribution is 5.92. The van der Waals surface area contributed by atoms with Crippen molar-refractivity contribution in [3.63, 3.8) is 0 Å². The number of alkyl carbamates (subject to hydrolysis) is 1. The van der Waals surface area contributed by atoms with E-state index in [2.05, 4.69) is 16.0 Å². The molecule has 0 aromatic heterocycles. The molecule has 35 heavy (non-hydrogen) atoms. The largest absolute Gasteiger partial charge is 0.480 e. The summed E-state index contributed by atoms with van der Waals surface area (Å²) in [6.45, 7) is 9.63. The highest BCUT2D eigenvalue weighted by atomic mass is 16.5. The summed E-state index contributed by atoms with van der Waals surface area (Å²) in [7, 11) is 0. The second kappa shape index (κ2) is 13.6. The standard InChI is InChI=1S/C24H37N3O8/c1-23(2,3)34-14-17(20(30)25-12-19(28)29)26-21(31)18(15-35-24(4,5)6)27-22(32)33-13-16-10-8-7-9-11-16/h7-11,17-18H,12-15H2,1-6H3,(H,25,30)(H,26,31)(H,27,32)(H,28,29)/t17-,18-/m0/s1. The number of hydrogen-bond donors (Lipinski definition) is 4. The average Bonchev–Trinajstić information content (AvgIpc) is 2.75. The fraction of sp³-hybridized carbons (Fsp3) is 0.583. The SMILES string of the molecule is CC(C)(C)OC[C@H](NC(=O)OCc1ccccc1)C(=O)N[C@@H](COC(C)(C)C)C(=O)NCC(=O)O. The van der Waals surface area contributed by atoms with E-state index in [1.54, 1.807) is 65.8 Å². The van der Waals surface area contributed by atoms with E-state index in [1.165, 1.54) is 0 Å². The maximum absolute atomic E-state index is 13.0. The predicted molar refractivity (Wildman–Crippen MR) is 128 cm³/mol. The quantitative estimate of drug-likeness (QED) is 0.341. The molecule has 0 aliphatic rings. The first-order chi connectivity index (χ1) is 16.2. The molecule has 1 rings (SSSR count). The van der Waals surface area contributed by atoms with E-state index in [0.717, 1.165) is 5.56 Å². The molecule has 0 bridgehead atoms. The number of carboxylic acids is 1. The van der Waals surface area contributed by atoms with Gasteiger partial charge in [0, 0.05) is 0 Å². The van der Waals surface area contributed by atoms with Crippen LogP contribution in [0.25, 0.3) is 0 Å². The number of rotatable bonds is 12. The molecule has 2 atom stereocenters. The van der Waals surface area contributed by atoms with Crippen LogP contribution in [-0.2, 0) is 35.2 Å². The minimum atomic E-state index is -1.24. The Morgan fingerprint density at radius 3 is 1.83 bits per heavy atom. The van der Waals surface area contributed by atoms with Gasteiger partial charge in [0.1, 0.15) is 25.2 Å². The predicted octanol–water partition coefficient (Wildman–Crippen LogP) is 1.60. The molecule has 0 spiro atoms. The molecule has 0 heterocycles. The maximum Gasteiger partial charge on any atom is 0.408 e. The number of aliphatic carboxylic acids is 1. The summed E-state index contributed by atoms with van der Waals surface area (Å²) < 4.78 is 16.5. The Bertz CT molecular complexity index is 847. The molecule has 196 valence electrons. The van der Waals surface area contributed by atoms with Crippen molar-refractivity contribution in [3.05, 3.63) is 35.9 Å².